The molecule has 106 valence electrons. The van der Waals surface area contributed by atoms with Crippen LogP contribution in [0.15, 0.2) is 0 Å². The van der Waals surface area contributed by atoms with E-state index in [0.29, 0.717) is 11.8 Å². The van der Waals surface area contributed by atoms with Gasteiger partial charge in [-0.3, -0.25) is 9.59 Å². The quantitative estimate of drug-likeness (QED) is 0.760. The van der Waals surface area contributed by atoms with Gasteiger partial charge in [-0.1, -0.05) is 41.5 Å². The van der Waals surface area contributed by atoms with Gasteiger partial charge in [0, 0.05) is 11.8 Å². The first-order valence-corrected chi connectivity index (χ1v) is 7.00. The molecule has 0 aliphatic heterocycles. The van der Waals surface area contributed by atoms with Gasteiger partial charge >= 0.3 is 0 Å². The Bertz CT molecular complexity index is 282. The van der Waals surface area contributed by atoms with Crippen molar-refractivity contribution >= 4 is 11.7 Å². The Hall–Kier alpha value is -0.860. The number of ketones is 1. The summed E-state index contributed by atoms with van der Waals surface area (Å²) in [6.07, 6.45) is 0.867. The molecule has 0 unspecified atom stereocenters. The third kappa shape index (κ3) is 5.65. The second-order valence-corrected chi connectivity index (χ2v) is 6.27. The standard InChI is InChI=1S/C15H29NO2/c1-9(2)8-13(10(3)4)15(18)16-12(7)14(17)11(5)6/h9-13H,8H2,1-7H3,(H,16,18)/t12-,13-/m0/s1. The number of nitrogens with one attached hydrogen (secondary N) is 1. The molecule has 0 aromatic carbocycles. The Labute approximate surface area is 112 Å². The van der Waals surface area contributed by atoms with Gasteiger partial charge in [0.1, 0.15) is 0 Å². The Balaban J connectivity index is 4.56. The molecule has 1 N–H and O–H groups in total. The predicted molar refractivity (Wildman–Crippen MR) is 75.2 cm³/mol. The minimum atomic E-state index is -0.383. The van der Waals surface area contributed by atoms with E-state index >= 15 is 0 Å². The van der Waals surface area contributed by atoms with Crippen LogP contribution in [0.3, 0.4) is 0 Å². The molecule has 0 saturated heterocycles. The van der Waals surface area contributed by atoms with Crippen molar-refractivity contribution in [3.63, 3.8) is 0 Å². The van der Waals surface area contributed by atoms with E-state index in [4.69, 9.17) is 0 Å². The number of Topliss-reactive ketones (excluding diaryl/α,β-unsaturated/α-hetero) is 1. The van der Waals surface area contributed by atoms with Crippen molar-refractivity contribution in [1.82, 2.24) is 5.32 Å². The first-order chi connectivity index (χ1) is 8.16. The molecule has 3 nitrogen and oxygen atoms in total. The Morgan fingerprint density at radius 3 is 1.78 bits per heavy atom. The fourth-order valence-corrected chi connectivity index (χ4v) is 2.08. The van der Waals surface area contributed by atoms with E-state index in [2.05, 4.69) is 33.0 Å². The van der Waals surface area contributed by atoms with Gasteiger partial charge < -0.3 is 5.32 Å². The second-order valence-electron chi connectivity index (χ2n) is 6.27. The average molecular weight is 255 g/mol. The Kier molecular flexibility index (Phi) is 7.19. The molecule has 0 spiro atoms. The molecule has 2 atom stereocenters. The maximum absolute atomic E-state index is 12.2. The number of carbonyl (C=O) groups is 2. The zero-order valence-corrected chi connectivity index (χ0v) is 12.9. The molecule has 0 saturated carbocycles. The maximum Gasteiger partial charge on any atom is 0.223 e. The molecule has 0 heterocycles. The molecular formula is C15H29NO2. The first-order valence-electron chi connectivity index (χ1n) is 7.00. The van der Waals surface area contributed by atoms with Gasteiger partial charge in [0.25, 0.3) is 0 Å². The molecular weight excluding hydrogens is 226 g/mol. The van der Waals surface area contributed by atoms with Crippen LogP contribution in [0, 0.1) is 23.7 Å². The molecule has 0 bridgehead atoms. The van der Waals surface area contributed by atoms with Crippen LogP contribution in [0.5, 0.6) is 0 Å². The van der Waals surface area contributed by atoms with E-state index in [1.165, 1.54) is 0 Å². The summed E-state index contributed by atoms with van der Waals surface area (Å²) in [5, 5.41) is 2.86. The highest BCUT2D eigenvalue weighted by molar-refractivity contribution is 5.90. The van der Waals surface area contributed by atoms with E-state index in [1.54, 1.807) is 6.92 Å². The van der Waals surface area contributed by atoms with Crippen LogP contribution in [-0.2, 0) is 9.59 Å². The topological polar surface area (TPSA) is 46.2 Å². The van der Waals surface area contributed by atoms with Crippen LogP contribution < -0.4 is 5.32 Å². The van der Waals surface area contributed by atoms with Gasteiger partial charge in [-0.15, -0.1) is 0 Å². The third-order valence-corrected chi connectivity index (χ3v) is 3.22. The number of hydrogen-bond donors (Lipinski definition) is 1. The lowest BCUT2D eigenvalue weighted by Crippen LogP contribution is -2.44. The monoisotopic (exact) mass is 255 g/mol. The van der Waals surface area contributed by atoms with Gasteiger partial charge in [0.05, 0.1) is 6.04 Å². The van der Waals surface area contributed by atoms with Crippen LogP contribution >= 0.6 is 0 Å². The SMILES string of the molecule is CC(C)C[C@H](C(=O)N[C@@H](C)C(=O)C(C)C)C(C)C. The molecule has 1 amide bonds. The molecule has 0 fully saturated rings. The average Bonchev–Trinajstić information content (AvgIpc) is 2.23. The molecule has 0 aromatic rings. The van der Waals surface area contributed by atoms with Crippen molar-refractivity contribution in [3.8, 4) is 0 Å². The molecule has 0 aromatic heterocycles. The van der Waals surface area contributed by atoms with Gasteiger partial charge in [-0.05, 0) is 25.2 Å². The minimum Gasteiger partial charge on any atom is -0.346 e. The molecule has 18 heavy (non-hydrogen) atoms. The summed E-state index contributed by atoms with van der Waals surface area (Å²) in [4.78, 5) is 24.0. The highest BCUT2D eigenvalue weighted by atomic mass is 16.2. The minimum absolute atomic E-state index is 0.00703. The normalized spacial score (nSPS) is 15.0. The lowest BCUT2D eigenvalue weighted by atomic mass is 9.86. The third-order valence-electron chi connectivity index (χ3n) is 3.22. The summed E-state index contributed by atoms with van der Waals surface area (Å²) in [5.74, 6) is 0.846. The largest absolute Gasteiger partial charge is 0.346 e. The highest BCUT2D eigenvalue weighted by Gasteiger charge is 2.26. The van der Waals surface area contributed by atoms with Crippen molar-refractivity contribution in [2.45, 2.75) is 60.9 Å². The van der Waals surface area contributed by atoms with Gasteiger partial charge in [-0.2, -0.15) is 0 Å². The lowest BCUT2D eigenvalue weighted by molar-refractivity contribution is -0.132. The van der Waals surface area contributed by atoms with E-state index in [0.717, 1.165) is 6.42 Å². The summed E-state index contributed by atoms with van der Waals surface area (Å²) in [6, 6.07) is -0.383. The summed E-state index contributed by atoms with van der Waals surface area (Å²) in [5.41, 5.74) is 0. The number of hydrogen-bond acceptors (Lipinski definition) is 2. The molecule has 3 heteroatoms. The Morgan fingerprint density at radius 1 is 0.944 bits per heavy atom. The fourth-order valence-electron chi connectivity index (χ4n) is 2.08. The maximum atomic E-state index is 12.2. The summed E-state index contributed by atoms with van der Waals surface area (Å²) in [7, 11) is 0. The zero-order valence-electron chi connectivity index (χ0n) is 12.9. The number of carbonyl (C=O) groups excluding carboxylic acids is 2. The van der Waals surface area contributed by atoms with Crippen LogP contribution in [-0.4, -0.2) is 17.7 Å². The van der Waals surface area contributed by atoms with Gasteiger partial charge in [0.2, 0.25) is 5.91 Å². The zero-order chi connectivity index (χ0) is 14.5. The lowest BCUT2D eigenvalue weighted by Gasteiger charge is -2.24. The van der Waals surface area contributed by atoms with Crippen LogP contribution in [0.1, 0.15) is 54.9 Å². The van der Waals surface area contributed by atoms with E-state index < -0.39 is 0 Å². The van der Waals surface area contributed by atoms with Crippen molar-refractivity contribution in [2.75, 3.05) is 0 Å². The highest BCUT2D eigenvalue weighted by Crippen LogP contribution is 2.20. The van der Waals surface area contributed by atoms with Crippen LogP contribution in [0.4, 0.5) is 0 Å². The van der Waals surface area contributed by atoms with Crippen molar-refractivity contribution < 1.29 is 9.59 Å². The molecule has 0 rings (SSSR count). The molecule has 0 radical (unpaired) electrons. The van der Waals surface area contributed by atoms with E-state index in [1.807, 2.05) is 13.8 Å². The fraction of sp³-hybridized carbons (Fsp3) is 0.867. The van der Waals surface area contributed by atoms with E-state index in [9.17, 15) is 9.59 Å². The molecule has 0 aliphatic carbocycles. The molecule has 0 aliphatic rings. The van der Waals surface area contributed by atoms with E-state index in [-0.39, 0.29) is 29.6 Å². The summed E-state index contributed by atoms with van der Waals surface area (Å²) in [6.45, 7) is 13.8. The van der Waals surface area contributed by atoms with Crippen molar-refractivity contribution in [3.05, 3.63) is 0 Å². The van der Waals surface area contributed by atoms with Crippen molar-refractivity contribution in [1.29, 1.82) is 0 Å². The summed E-state index contributed by atoms with van der Waals surface area (Å²) < 4.78 is 0. The number of amides is 1. The van der Waals surface area contributed by atoms with Crippen molar-refractivity contribution in [2.24, 2.45) is 23.7 Å². The Morgan fingerprint density at radius 2 is 1.44 bits per heavy atom. The number of rotatable bonds is 7. The smallest absolute Gasteiger partial charge is 0.223 e. The predicted octanol–water partition coefficient (Wildman–Crippen LogP) is 3.03. The van der Waals surface area contributed by atoms with Crippen LogP contribution in [0.25, 0.3) is 0 Å². The van der Waals surface area contributed by atoms with Gasteiger partial charge in [-0.25, -0.2) is 0 Å². The van der Waals surface area contributed by atoms with Gasteiger partial charge in [0.15, 0.2) is 5.78 Å². The first kappa shape index (κ1) is 17.1. The van der Waals surface area contributed by atoms with Crippen LogP contribution in [0.2, 0.25) is 0 Å². The summed E-state index contributed by atoms with van der Waals surface area (Å²) >= 11 is 0. The second kappa shape index (κ2) is 7.55.